The van der Waals surface area contributed by atoms with E-state index >= 15 is 0 Å². The number of hydrogen-bond donors (Lipinski definition) is 1. The van der Waals surface area contributed by atoms with Gasteiger partial charge in [0, 0.05) is 12.4 Å². The Kier molecular flexibility index (Phi) is 4.13. The number of esters is 1. The van der Waals surface area contributed by atoms with Crippen LogP contribution in [0.2, 0.25) is 5.02 Å². The number of nitrogens with zero attached hydrogens (tertiary/aromatic N) is 1. The summed E-state index contributed by atoms with van der Waals surface area (Å²) in [6.45, 7) is 0. The van der Waals surface area contributed by atoms with Crippen LogP contribution >= 0.6 is 22.9 Å². The van der Waals surface area contributed by atoms with Crippen LogP contribution < -0.4 is 5.32 Å². The molecule has 1 amide bonds. The van der Waals surface area contributed by atoms with E-state index in [1.54, 1.807) is 11.4 Å². The smallest absolute Gasteiger partial charge is 0.350 e. The van der Waals surface area contributed by atoms with E-state index < -0.39 is 11.9 Å². The maximum Gasteiger partial charge on any atom is 0.350 e. The van der Waals surface area contributed by atoms with E-state index in [1.807, 2.05) is 0 Å². The molecular formula is C12H9ClN2O3S. The number of anilines is 1. The summed E-state index contributed by atoms with van der Waals surface area (Å²) in [7, 11) is 1.29. The van der Waals surface area contributed by atoms with Crippen LogP contribution in [0.1, 0.15) is 20.0 Å². The molecule has 0 unspecified atom stereocenters. The molecule has 0 saturated carbocycles. The molecule has 0 saturated heterocycles. The lowest BCUT2D eigenvalue weighted by atomic mass is 10.2. The quantitative estimate of drug-likeness (QED) is 0.884. The number of aromatic nitrogens is 1. The van der Waals surface area contributed by atoms with E-state index in [0.717, 1.165) is 0 Å². The third-order valence-electron chi connectivity index (χ3n) is 2.30. The molecule has 0 aliphatic rings. The van der Waals surface area contributed by atoms with Crippen LogP contribution in [-0.4, -0.2) is 24.0 Å². The molecule has 2 aromatic rings. The topological polar surface area (TPSA) is 68.3 Å². The van der Waals surface area contributed by atoms with Gasteiger partial charge in [-0.25, -0.2) is 4.79 Å². The van der Waals surface area contributed by atoms with Gasteiger partial charge in [0.15, 0.2) is 0 Å². The first kappa shape index (κ1) is 13.5. The monoisotopic (exact) mass is 296 g/mol. The summed E-state index contributed by atoms with van der Waals surface area (Å²) in [6.07, 6.45) is 2.85. The second-order valence-electron chi connectivity index (χ2n) is 3.46. The maximum absolute atomic E-state index is 12.0. The van der Waals surface area contributed by atoms with E-state index in [-0.39, 0.29) is 5.02 Å². The molecule has 1 N–H and O–H groups in total. The number of pyridine rings is 1. The molecule has 0 spiro atoms. The molecule has 98 valence electrons. The van der Waals surface area contributed by atoms with Crippen LogP contribution in [0.25, 0.3) is 0 Å². The van der Waals surface area contributed by atoms with Crippen LogP contribution in [0, 0.1) is 0 Å². The number of carbonyl (C=O) groups excluding carboxylic acids is 2. The fourth-order valence-electron chi connectivity index (χ4n) is 1.41. The lowest BCUT2D eigenvalue weighted by molar-refractivity contribution is 0.0607. The number of rotatable bonds is 3. The molecule has 2 aromatic heterocycles. The predicted molar refractivity (Wildman–Crippen MR) is 72.9 cm³/mol. The van der Waals surface area contributed by atoms with Gasteiger partial charge in [0.1, 0.15) is 4.88 Å². The number of amides is 1. The fourth-order valence-corrected chi connectivity index (χ4v) is 2.38. The second kappa shape index (κ2) is 5.81. The van der Waals surface area contributed by atoms with Gasteiger partial charge in [-0.15, -0.1) is 11.3 Å². The number of halogens is 1. The molecule has 7 heteroatoms. The summed E-state index contributed by atoms with van der Waals surface area (Å²) in [5, 5.41) is 4.56. The number of ether oxygens (including phenoxy) is 1. The third kappa shape index (κ3) is 2.91. The average Bonchev–Trinajstić information content (AvgIpc) is 2.86. The lowest BCUT2D eigenvalue weighted by Gasteiger charge is -2.06. The SMILES string of the molecule is COC(=O)c1sccc1NC(=O)c1ccncc1Cl. The number of thiophene rings is 1. The highest BCUT2D eigenvalue weighted by atomic mass is 35.5. The highest BCUT2D eigenvalue weighted by molar-refractivity contribution is 7.12. The number of nitrogens with one attached hydrogen (secondary N) is 1. The zero-order chi connectivity index (χ0) is 13.8. The van der Waals surface area contributed by atoms with Crippen molar-refractivity contribution in [3.05, 3.63) is 45.4 Å². The third-order valence-corrected chi connectivity index (χ3v) is 3.50. The minimum atomic E-state index is -0.494. The first-order chi connectivity index (χ1) is 9.13. The molecule has 19 heavy (non-hydrogen) atoms. The number of methoxy groups -OCH3 is 1. The van der Waals surface area contributed by atoms with Crippen molar-refractivity contribution in [3.8, 4) is 0 Å². The van der Waals surface area contributed by atoms with Gasteiger partial charge < -0.3 is 10.1 Å². The highest BCUT2D eigenvalue weighted by Crippen LogP contribution is 2.24. The zero-order valence-electron chi connectivity index (χ0n) is 9.84. The zero-order valence-corrected chi connectivity index (χ0v) is 11.4. The molecule has 0 atom stereocenters. The molecule has 0 fully saturated rings. The van der Waals surface area contributed by atoms with Crippen LogP contribution in [0.4, 0.5) is 5.69 Å². The van der Waals surface area contributed by atoms with Gasteiger partial charge in [0.05, 0.1) is 23.4 Å². The molecule has 5 nitrogen and oxygen atoms in total. The molecular weight excluding hydrogens is 288 g/mol. The molecule has 2 rings (SSSR count). The minimum Gasteiger partial charge on any atom is -0.465 e. The summed E-state index contributed by atoms with van der Waals surface area (Å²) in [5.41, 5.74) is 0.688. The molecule has 0 aliphatic heterocycles. The Bertz CT molecular complexity index is 627. The van der Waals surface area contributed by atoms with Crippen molar-refractivity contribution in [1.82, 2.24) is 4.98 Å². The summed E-state index contributed by atoms with van der Waals surface area (Å²) < 4.78 is 4.63. The molecule has 0 aliphatic carbocycles. The van der Waals surface area contributed by atoms with E-state index in [2.05, 4.69) is 15.0 Å². The summed E-state index contributed by atoms with van der Waals surface area (Å²) in [6, 6.07) is 3.13. The number of hydrogen-bond acceptors (Lipinski definition) is 5. The Morgan fingerprint density at radius 1 is 1.42 bits per heavy atom. The van der Waals surface area contributed by atoms with E-state index in [0.29, 0.717) is 16.1 Å². The average molecular weight is 297 g/mol. The standard InChI is InChI=1S/C12H9ClN2O3S/c1-18-12(17)10-9(3-5-19-10)15-11(16)7-2-4-14-6-8(7)13/h2-6H,1H3,(H,15,16). The first-order valence-electron chi connectivity index (χ1n) is 5.20. The Labute approximate surface area is 118 Å². The van der Waals surface area contributed by atoms with Gasteiger partial charge in [-0.1, -0.05) is 11.6 Å². The summed E-state index contributed by atoms with van der Waals surface area (Å²) in [5.74, 6) is -0.901. The summed E-state index contributed by atoms with van der Waals surface area (Å²) >= 11 is 7.07. The predicted octanol–water partition coefficient (Wildman–Crippen LogP) is 2.84. The summed E-state index contributed by atoms with van der Waals surface area (Å²) in [4.78, 5) is 27.6. The van der Waals surface area contributed by atoms with Crippen molar-refractivity contribution in [3.63, 3.8) is 0 Å². The minimum absolute atomic E-state index is 0.245. The van der Waals surface area contributed by atoms with Crippen LogP contribution in [-0.2, 0) is 4.74 Å². The van der Waals surface area contributed by atoms with Gasteiger partial charge in [-0.3, -0.25) is 9.78 Å². The van der Waals surface area contributed by atoms with E-state index in [4.69, 9.17) is 11.6 Å². The van der Waals surface area contributed by atoms with Gasteiger partial charge in [-0.2, -0.15) is 0 Å². The normalized spacial score (nSPS) is 10.0. The van der Waals surface area contributed by atoms with Crippen molar-refractivity contribution in [2.75, 3.05) is 12.4 Å². The van der Waals surface area contributed by atoms with Crippen molar-refractivity contribution >= 4 is 40.5 Å². The molecule has 0 aromatic carbocycles. The van der Waals surface area contributed by atoms with Crippen molar-refractivity contribution in [1.29, 1.82) is 0 Å². The molecule has 0 radical (unpaired) electrons. The highest BCUT2D eigenvalue weighted by Gasteiger charge is 2.17. The molecule has 2 heterocycles. The lowest BCUT2D eigenvalue weighted by Crippen LogP contribution is -2.14. The van der Waals surface area contributed by atoms with Crippen LogP contribution in [0.5, 0.6) is 0 Å². The maximum atomic E-state index is 12.0. The first-order valence-corrected chi connectivity index (χ1v) is 6.46. The molecule has 0 bridgehead atoms. The van der Waals surface area contributed by atoms with Gasteiger partial charge in [0.25, 0.3) is 5.91 Å². The van der Waals surface area contributed by atoms with Gasteiger partial charge >= 0.3 is 5.97 Å². The fraction of sp³-hybridized carbons (Fsp3) is 0.0833. The van der Waals surface area contributed by atoms with Crippen LogP contribution in [0.15, 0.2) is 29.9 Å². The number of carbonyl (C=O) groups is 2. The van der Waals surface area contributed by atoms with E-state index in [9.17, 15) is 9.59 Å². The van der Waals surface area contributed by atoms with Crippen LogP contribution in [0.3, 0.4) is 0 Å². The van der Waals surface area contributed by atoms with E-state index in [1.165, 1.54) is 36.9 Å². The van der Waals surface area contributed by atoms with Crippen molar-refractivity contribution in [2.24, 2.45) is 0 Å². The van der Waals surface area contributed by atoms with Gasteiger partial charge in [-0.05, 0) is 17.5 Å². The van der Waals surface area contributed by atoms with Gasteiger partial charge in [0.2, 0.25) is 0 Å². The Morgan fingerprint density at radius 2 is 2.21 bits per heavy atom. The van der Waals surface area contributed by atoms with Crippen molar-refractivity contribution in [2.45, 2.75) is 0 Å². The van der Waals surface area contributed by atoms with Crippen molar-refractivity contribution < 1.29 is 14.3 Å². The second-order valence-corrected chi connectivity index (χ2v) is 4.79. The Hall–Kier alpha value is -1.92. The Balaban J connectivity index is 2.23. The Morgan fingerprint density at radius 3 is 2.89 bits per heavy atom. The largest absolute Gasteiger partial charge is 0.465 e.